The summed E-state index contributed by atoms with van der Waals surface area (Å²) in [6.07, 6.45) is 1.07. The van der Waals surface area contributed by atoms with Crippen LogP contribution in [0.25, 0.3) is 0 Å². The number of methoxy groups -OCH3 is 1. The fourth-order valence-corrected chi connectivity index (χ4v) is 4.05. The van der Waals surface area contributed by atoms with Crippen molar-refractivity contribution in [2.75, 3.05) is 34.8 Å². The monoisotopic (exact) mass is 411 g/mol. The lowest BCUT2D eigenvalue weighted by Crippen LogP contribution is -2.28. The van der Waals surface area contributed by atoms with Gasteiger partial charge in [-0.2, -0.15) is 0 Å². The molecule has 1 fully saturated rings. The molecule has 1 aliphatic rings. The van der Waals surface area contributed by atoms with E-state index in [1.807, 2.05) is 0 Å². The minimum atomic E-state index is -3.47. The Morgan fingerprint density at radius 3 is 2.56 bits per heavy atom. The van der Waals surface area contributed by atoms with Gasteiger partial charge in [-0.3, -0.25) is 14.3 Å². The Morgan fingerprint density at radius 2 is 1.93 bits per heavy atom. The summed E-state index contributed by atoms with van der Waals surface area (Å²) in [5, 5.41) is 10.2. The highest BCUT2D eigenvalue weighted by molar-refractivity contribution is 7.92. The van der Waals surface area contributed by atoms with Gasteiger partial charge in [0.1, 0.15) is 5.75 Å². The molecule has 1 unspecified atom stereocenters. The smallest absolute Gasteiger partial charge is 0.231 e. The van der Waals surface area contributed by atoms with Gasteiger partial charge in [-0.1, -0.05) is 11.3 Å². The van der Waals surface area contributed by atoms with Crippen molar-refractivity contribution < 1.29 is 22.7 Å². The van der Waals surface area contributed by atoms with Gasteiger partial charge in [-0.15, -0.1) is 10.2 Å². The fraction of sp³-hybridized carbons (Fsp3) is 0.333. The normalized spacial score (nSPS) is 17.0. The zero-order valence-electron chi connectivity index (χ0n) is 14.5. The molecule has 1 aliphatic heterocycles. The van der Waals surface area contributed by atoms with Crippen LogP contribution >= 0.6 is 11.3 Å². The first kappa shape index (κ1) is 19.0. The molecule has 2 amide bonds. The number of anilines is 3. The summed E-state index contributed by atoms with van der Waals surface area (Å²) < 4.78 is 29.6. The lowest BCUT2D eigenvalue weighted by atomic mass is 10.1. The second-order valence-corrected chi connectivity index (χ2v) is 8.61. The molecule has 12 heteroatoms. The van der Waals surface area contributed by atoms with Crippen LogP contribution in [0.2, 0.25) is 0 Å². The lowest BCUT2D eigenvalue weighted by Gasteiger charge is -2.16. The third kappa shape index (κ3) is 4.71. The summed E-state index contributed by atoms with van der Waals surface area (Å²) in [5.74, 6) is -0.400. The van der Waals surface area contributed by atoms with Crippen LogP contribution in [0.15, 0.2) is 24.3 Å². The molecule has 1 aromatic heterocycles. The molecule has 2 N–H and O–H groups in total. The fourth-order valence-electron chi connectivity index (χ4n) is 2.58. The topological polar surface area (TPSA) is 131 Å². The lowest BCUT2D eigenvalue weighted by molar-refractivity contribution is -0.122. The molecule has 144 valence electrons. The third-order valence-corrected chi connectivity index (χ3v) is 5.26. The van der Waals surface area contributed by atoms with Crippen LogP contribution in [0.5, 0.6) is 5.75 Å². The zero-order valence-corrected chi connectivity index (χ0v) is 16.1. The standard InChI is InChI=1S/C15H17N5O5S2/c1-25-11-5-3-10(4-6-11)20-8-9(7-12(20)21)13(22)16-14-17-18-15(26-14)19-27(2,23)24/h3-6,9H,7-8H2,1-2H3,(H,18,19)(H,16,17,22). The maximum absolute atomic E-state index is 12.4. The predicted octanol–water partition coefficient (Wildman–Crippen LogP) is 0.910. The van der Waals surface area contributed by atoms with Crippen molar-refractivity contribution in [3.63, 3.8) is 0 Å². The predicted molar refractivity (Wildman–Crippen MR) is 100 cm³/mol. The van der Waals surface area contributed by atoms with E-state index in [1.165, 1.54) is 0 Å². The molecule has 0 radical (unpaired) electrons. The Bertz CT molecular complexity index is 957. The molecule has 0 aliphatic carbocycles. The van der Waals surface area contributed by atoms with E-state index in [0.717, 1.165) is 17.6 Å². The second kappa shape index (κ2) is 7.48. The van der Waals surface area contributed by atoms with Gasteiger partial charge in [0.15, 0.2) is 0 Å². The number of amides is 2. The van der Waals surface area contributed by atoms with Gasteiger partial charge in [0.05, 0.1) is 19.3 Å². The SMILES string of the molecule is COc1ccc(N2CC(C(=O)Nc3nnc(NS(C)(=O)=O)s3)CC2=O)cc1. The number of ether oxygens (including phenoxy) is 1. The average Bonchev–Trinajstić information content (AvgIpc) is 3.20. The molecule has 0 spiro atoms. The first-order valence-electron chi connectivity index (χ1n) is 7.82. The van der Waals surface area contributed by atoms with E-state index in [1.54, 1.807) is 36.3 Å². The van der Waals surface area contributed by atoms with Gasteiger partial charge < -0.3 is 15.0 Å². The van der Waals surface area contributed by atoms with Gasteiger partial charge in [0.25, 0.3) is 0 Å². The molecular formula is C15H17N5O5S2. The van der Waals surface area contributed by atoms with E-state index in [9.17, 15) is 18.0 Å². The summed E-state index contributed by atoms with van der Waals surface area (Å²) in [6.45, 7) is 0.240. The number of benzene rings is 1. The number of carbonyl (C=O) groups excluding carboxylic acids is 2. The summed E-state index contributed by atoms with van der Waals surface area (Å²) in [5.41, 5.74) is 0.687. The molecule has 10 nitrogen and oxygen atoms in total. The molecule has 3 rings (SSSR count). The number of nitrogens with zero attached hydrogens (tertiary/aromatic N) is 3. The average molecular weight is 411 g/mol. The van der Waals surface area contributed by atoms with Crippen molar-refractivity contribution >= 4 is 49.1 Å². The first-order chi connectivity index (χ1) is 12.7. The van der Waals surface area contributed by atoms with E-state index in [2.05, 4.69) is 20.2 Å². The minimum Gasteiger partial charge on any atom is -0.497 e. The van der Waals surface area contributed by atoms with E-state index >= 15 is 0 Å². The number of hydrogen-bond acceptors (Lipinski definition) is 8. The summed E-state index contributed by atoms with van der Waals surface area (Å²) in [6, 6.07) is 7.00. The largest absolute Gasteiger partial charge is 0.497 e. The maximum atomic E-state index is 12.4. The summed E-state index contributed by atoms with van der Waals surface area (Å²) in [7, 11) is -1.92. The molecule has 0 saturated carbocycles. The Morgan fingerprint density at radius 1 is 1.26 bits per heavy atom. The number of aromatic nitrogens is 2. The van der Waals surface area contributed by atoms with Gasteiger partial charge in [0.2, 0.25) is 32.1 Å². The second-order valence-electron chi connectivity index (χ2n) is 5.88. The van der Waals surface area contributed by atoms with E-state index < -0.39 is 15.9 Å². The van der Waals surface area contributed by atoms with E-state index in [4.69, 9.17) is 4.74 Å². The quantitative estimate of drug-likeness (QED) is 0.722. The van der Waals surface area contributed by atoms with Crippen LogP contribution < -0.4 is 19.7 Å². The summed E-state index contributed by atoms with van der Waals surface area (Å²) in [4.78, 5) is 26.2. The van der Waals surface area contributed by atoms with Crippen LogP contribution in [0.4, 0.5) is 16.0 Å². The Hall–Kier alpha value is -2.73. The van der Waals surface area contributed by atoms with Crippen molar-refractivity contribution in [2.24, 2.45) is 5.92 Å². The first-order valence-corrected chi connectivity index (χ1v) is 10.5. The minimum absolute atomic E-state index is 0.0511. The van der Waals surface area contributed by atoms with Crippen LogP contribution in [-0.2, 0) is 19.6 Å². The molecule has 1 saturated heterocycles. The highest BCUT2D eigenvalue weighted by Gasteiger charge is 2.35. The van der Waals surface area contributed by atoms with Crippen LogP contribution in [0.3, 0.4) is 0 Å². The molecule has 27 heavy (non-hydrogen) atoms. The maximum Gasteiger partial charge on any atom is 0.231 e. The molecule has 2 heterocycles. The van der Waals surface area contributed by atoms with Crippen molar-refractivity contribution in [1.29, 1.82) is 0 Å². The number of nitrogens with one attached hydrogen (secondary N) is 2. The van der Waals surface area contributed by atoms with E-state index in [-0.39, 0.29) is 35.0 Å². The molecule has 0 bridgehead atoms. The van der Waals surface area contributed by atoms with Gasteiger partial charge >= 0.3 is 0 Å². The van der Waals surface area contributed by atoms with Crippen LogP contribution in [0.1, 0.15) is 6.42 Å². The van der Waals surface area contributed by atoms with Gasteiger partial charge in [-0.05, 0) is 24.3 Å². The molecule has 1 atom stereocenters. The molecular weight excluding hydrogens is 394 g/mol. The Labute approximate surface area is 159 Å². The Kier molecular flexibility index (Phi) is 5.28. The molecule has 1 aromatic carbocycles. The molecule has 2 aromatic rings. The number of carbonyl (C=O) groups is 2. The number of rotatable bonds is 6. The van der Waals surface area contributed by atoms with Gasteiger partial charge in [0, 0.05) is 18.7 Å². The highest BCUT2D eigenvalue weighted by Crippen LogP contribution is 2.28. The Balaban J connectivity index is 1.63. The van der Waals surface area contributed by atoms with Crippen molar-refractivity contribution in [3.8, 4) is 5.75 Å². The van der Waals surface area contributed by atoms with E-state index in [0.29, 0.717) is 11.4 Å². The van der Waals surface area contributed by atoms with Crippen molar-refractivity contribution in [2.45, 2.75) is 6.42 Å². The van der Waals surface area contributed by atoms with Gasteiger partial charge in [-0.25, -0.2) is 8.42 Å². The number of sulfonamides is 1. The zero-order chi connectivity index (χ0) is 19.6. The third-order valence-electron chi connectivity index (χ3n) is 3.81. The van der Waals surface area contributed by atoms with Crippen LogP contribution in [0, 0.1) is 5.92 Å². The number of hydrogen-bond donors (Lipinski definition) is 2. The van der Waals surface area contributed by atoms with Crippen molar-refractivity contribution in [3.05, 3.63) is 24.3 Å². The van der Waals surface area contributed by atoms with Crippen molar-refractivity contribution in [1.82, 2.24) is 10.2 Å². The van der Waals surface area contributed by atoms with Crippen LogP contribution in [-0.4, -0.2) is 50.3 Å². The summed E-state index contributed by atoms with van der Waals surface area (Å²) >= 11 is 0.892. The highest BCUT2D eigenvalue weighted by atomic mass is 32.2.